The van der Waals surface area contributed by atoms with Gasteiger partial charge >= 0.3 is 0 Å². The quantitative estimate of drug-likeness (QED) is 0.473. The van der Waals surface area contributed by atoms with Gasteiger partial charge < -0.3 is 0 Å². The molecule has 0 aromatic carbocycles. The molecule has 0 spiro atoms. The lowest BCUT2D eigenvalue weighted by atomic mass is 9.59. The second-order valence-electron chi connectivity index (χ2n) is 10.2. The molecule has 0 heterocycles. The maximum Gasteiger partial charge on any atom is -0.0130 e. The number of hydrogen-bond donors (Lipinski definition) is 0. The highest BCUT2D eigenvalue weighted by Crippen LogP contribution is 2.51. The normalized spacial score (nSPS) is 32.9. The first-order valence-corrected chi connectivity index (χ1v) is 10.6. The van der Waals surface area contributed by atoms with E-state index in [4.69, 9.17) is 0 Å². The smallest absolute Gasteiger partial charge is 0.0130 e. The van der Waals surface area contributed by atoms with Crippen LogP contribution < -0.4 is 0 Å². The van der Waals surface area contributed by atoms with Gasteiger partial charge in [0.2, 0.25) is 0 Å². The standard InChI is InChI=1S/C25H42/c1-9-19(3)22-12-10-11-20(4)23(22)24(6,7)17-21(5)25(8)15-13-18(2)14-16-25/h9-10,12,18,20-21H,11,13-17H2,1-8H3/b19-9+. The van der Waals surface area contributed by atoms with Gasteiger partial charge in [0.05, 0.1) is 0 Å². The van der Waals surface area contributed by atoms with Crippen molar-refractivity contribution in [1.29, 1.82) is 0 Å². The van der Waals surface area contributed by atoms with E-state index < -0.39 is 0 Å². The SMILES string of the molecule is C/C=C(\C)C1=C(C(C)(C)CC(C)C2(C)CCC(C)CC2)C(C)CC=C1. The zero-order valence-corrected chi connectivity index (χ0v) is 18.2. The van der Waals surface area contributed by atoms with Crippen LogP contribution in [0.15, 0.2) is 34.9 Å². The maximum absolute atomic E-state index is 2.57. The molecule has 0 nitrogen and oxygen atoms in total. The topological polar surface area (TPSA) is 0 Å². The lowest BCUT2D eigenvalue weighted by molar-refractivity contribution is 0.0796. The molecular weight excluding hydrogens is 300 g/mol. The first-order chi connectivity index (χ1) is 11.6. The van der Waals surface area contributed by atoms with Crippen LogP contribution in [0.1, 0.15) is 93.9 Å². The Morgan fingerprint density at radius 2 is 1.88 bits per heavy atom. The van der Waals surface area contributed by atoms with Crippen molar-refractivity contribution in [2.75, 3.05) is 0 Å². The third-order valence-corrected chi connectivity index (χ3v) is 7.57. The molecule has 0 N–H and O–H groups in total. The predicted molar refractivity (Wildman–Crippen MR) is 113 cm³/mol. The van der Waals surface area contributed by atoms with Gasteiger partial charge in [0.1, 0.15) is 0 Å². The average molecular weight is 343 g/mol. The van der Waals surface area contributed by atoms with Gasteiger partial charge in [-0.25, -0.2) is 0 Å². The Hall–Kier alpha value is -0.780. The molecule has 0 aromatic rings. The van der Waals surface area contributed by atoms with Crippen LogP contribution in [-0.4, -0.2) is 0 Å². The van der Waals surface area contributed by atoms with E-state index in [1.54, 1.807) is 5.57 Å². The largest absolute Gasteiger partial charge is 0.0841 e. The Balaban J connectivity index is 2.27. The van der Waals surface area contributed by atoms with Crippen molar-refractivity contribution in [3.63, 3.8) is 0 Å². The summed E-state index contributed by atoms with van der Waals surface area (Å²) in [5, 5.41) is 0. The number of allylic oxidation sites excluding steroid dienone is 6. The highest BCUT2D eigenvalue weighted by molar-refractivity contribution is 5.47. The molecule has 2 rings (SSSR count). The van der Waals surface area contributed by atoms with E-state index in [1.807, 2.05) is 0 Å². The van der Waals surface area contributed by atoms with Gasteiger partial charge in [-0.1, -0.05) is 78.2 Å². The van der Waals surface area contributed by atoms with Crippen molar-refractivity contribution in [2.24, 2.45) is 28.6 Å². The van der Waals surface area contributed by atoms with E-state index in [1.165, 1.54) is 49.7 Å². The van der Waals surface area contributed by atoms with Crippen molar-refractivity contribution in [3.8, 4) is 0 Å². The summed E-state index contributed by atoms with van der Waals surface area (Å²) in [6.07, 6.45) is 15.2. The molecule has 0 heteroatoms. The van der Waals surface area contributed by atoms with Crippen LogP contribution in [-0.2, 0) is 0 Å². The summed E-state index contributed by atoms with van der Waals surface area (Å²) in [6.45, 7) is 19.4. The van der Waals surface area contributed by atoms with Crippen molar-refractivity contribution in [3.05, 3.63) is 34.9 Å². The molecule has 142 valence electrons. The Morgan fingerprint density at radius 1 is 1.28 bits per heavy atom. The molecule has 0 aromatic heterocycles. The summed E-state index contributed by atoms with van der Waals surface area (Å²) in [5.41, 5.74) is 5.46. The van der Waals surface area contributed by atoms with E-state index in [-0.39, 0.29) is 5.41 Å². The van der Waals surface area contributed by atoms with Crippen molar-refractivity contribution >= 4 is 0 Å². The Bertz CT molecular complexity index is 547. The summed E-state index contributed by atoms with van der Waals surface area (Å²) in [4.78, 5) is 0. The van der Waals surface area contributed by atoms with Crippen LogP contribution >= 0.6 is 0 Å². The summed E-state index contributed by atoms with van der Waals surface area (Å²) >= 11 is 0. The molecule has 0 radical (unpaired) electrons. The molecule has 2 aliphatic carbocycles. The molecule has 0 bridgehead atoms. The minimum atomic E-state index is 0.273. The number of rotatable bonds is 5. The first kappa shape index (κ1) is 20.5. The van der Waals surface area contributed by atoms with E-state index in [2.05, 4.69) is 73.6 Å². The van der Waals surface area contributed by atoms with Crippen molar-refractivity contribution in [1.82, 2.24) is 0 Å². The molecule has 2 atom stereocenters. The second kappa shape index (κ2) is 7.85. The molecular formula is C25H42. The van der Waals surface area contributed by atoms with Crippen molar-refractivity contribution < 1.29 is 0 Å². The summed E-state index contributed by atoms with van der Waals surface area (Å²) < 4.78 is 0. The van der Waals surface area contributed by atoms with Gasteiger partial charge in [0, 0.05) is 0 Å². The zero-order chi connectivity index (χ0) is 18.8. The lowest BCUT2D eigenvalue weighted by Gasteiger charge is -2.46. The van der Waals surface area contributed by atoms with Gasteiger partial charge in [-0.3, -0.25) is 0 Å². The van der Waals surface area contributed by atoms with E-state index in [0.717, 1.165) is 11.8 Å². The monoisotopic (exact) mass is 342 g/mol. The van der Waals surface area contributed by atoms with Gasteiger partial charge in [-0.15, -0.1) is 0 Å². The first-order valence-electron chi connectivity index (χ1n) is 10.6. The minimum Gasteiger partial charge on any atom is -0.0841 e. The van der Waals surface area contributed by atoms with Crippen LogP contribution in [0.25, 0.3) is 0 Å². The second-order valence-corrected chi connectivity index (χ2v) is 10.2. The predicted octanol–water partition coefficient (Wildman–Crippen LogP) is 8.11. The molecule has 25 heavy (non-hydrogen) atoms. The van der Waals surface area contributed by atoms with Crippen LogP contribution in [0, 0.1) is 28.6 Å². The molecule has 1 saturated carbocycles. The van der Waals surface area contributed by atoms with Gasteiger partial charge in [-0.05, 0) is 79.3 Å². The fourth-order valence-electron chi connectivity index (χ4n) is 5.43. The third-order valence-electron chi connectivity index (χ3n) is 7.57. The highest BCUT2D eigenvalue weighted by atomic mass is 14.4. The summed E-state index contributed by atoms with van der Waals surface area (Å²) in [6, 6.07) is 0. The fraction of sp³-hybridized carbons (Fsp3) is 0.760. The van der Waals surface area contributed by atoms with Crippen molar-refractivity contribution in [2.45, 2.75) is 93.9 Å². The zero-order valence-electron chi connectivity index (χ0n) is 18.2. The van der Waals surface area contributed by atoms with Crippen LogP contribution in [0.2, 0.25) is 0 Å². The van der Waals surface area contributed by atoms with Gasteiger partial charge in [-0.2, -0.15) is 0 Å². The molecule has 1 fully saturated rings. The average Bonchev–Trinajstić information content (AvgIpc) is 2.56. The third kappa shape index (κ3) is 4.50. The lowest BCUT2D eigenvalue weighted by Crippen LogP contribution is -2.35. The highest BCUT2D eigenvalue weighted by Gasteiger charge is 2.39. The summed E-state index contributed by atoms with van der Waals surface area (Å²) in [5.74, 6) is 2.38. The van der Waals surface area contributed by atoms with Gasteiger partial charge in [0.25, 0.3) is 0 Å². The summed E-state index contributed by atoms with van der Waals surface area (Å²) in [7, 11) is 0. The number of hydrogen-bond acceptors (Lipinski definition) is 0. The van der Waals surface area contributed by atoms with E-state index >= 15 is 0 Å². The Morgan fingerprint density at radius 3 is 2.44 bits per heavy atom. The van der Waals surface area contributed by atoms with E-state index in [0.29, 0.717) is 11.3 Å². The molecule has 0 aliphatic heterocycles. The minimum absolute atomic E-state index is 0.273. The Kier molecular flexibility index (Phi) is 6.45. The Labute approximate surface area is 157 Å². The van der Waals surface area contributed by atoms with E-state index in [9.17, 15) is 0 Å². The molecule has 2 unspecified atom stereocenters. The van der Waals surface area contributed by atoms with Crippen LogP contribution in [0.5, 0.6) is 0 Å². The molecule has 2 aliphatic rings. The van der Waals surface area contributed by atoms with Crippen LogP contribution in [0.4, 0.5) is 0 Å². The maximum atomic E-state index is 2.57. The molecule has 0 amide bonds. The fourth-order valence-corrected chi connectivity index (χ4v) is 5.43. The molecule has 0 saturated heterocycles. The van der Waals surface area contributed by atoms with Crippen LogP contribution in [0.3, 0.4) is 0 Å². The van der Waals surface area contributed by atoms with Gasteiger partial charge in [0.15, 0.2) is 0 Å².